The Labute approximate surface area is 120 Å². The van der Waals surface area contributed by atoms with Gasteiger partial charge in [-0.3, -0.25) is 0 Å². The normalized spacial score (nSPS) is 24.0. The summed E-state index contributed by atoms with van der Waals surface area (Å²) in [5.74, 6) is 0.732. The first-order valence-corrected chi connectivity index (χ1v) is 7.95. The molecule has 1 aliphatic rings. The summed E-state index contributed by atoms with van der Waals surface area (Å²) in [5, 5.41) is 3.65. The molecule has 3 heteroatoms. The van der Waals surface area contributed by atoms with Crippen LogP contribution >= 0.6 is 0 Å². The molecule has 19 heavy (non-hydrogen) atoms. The van der Waals surface area contributed by atoms with E-state index in [-0.39, 0.29) is 0 Å². The van der Waals surface area contributed by atoms with Gasteiger partial charge in [0.15, 0.2) is 0 Å². The zero-order valence-corrected chi connectivity index (χ0v) is 13.7. The molecule has 1 N–H and O–H groups in total. The molecule has 1 saturated heterocycles. The third-order valence-electron chi connectivity index (χ3n) is 4.13. The number of nitrogens with one attached hydrogen (secondary N) is 1. The number of hydrogen-bond donors (Lipinski definition) is 1. The van der Waals surface area contributed by atoms with Gasteiger partial charge < -0.3 is 15.0 Å². The Bertz CT molecular complexity index is 245. The Morgan fingerprint density at radius 2 is 2.16 bits per heavy atom. The van der Waals surface area contributed by atoms with Crippen molar-refractivity contribution in [2.24, 2.45) is 11.3 Å². The van der Waals surface area contributed by atoms with Crippen molar-refractivity contribution in [2.45, 2.75) is 53.1 Å². The van der Waals surface area contributed by atoms with Gasteiger partial charge in [0.25, 0.3) is 0 Å². The number of likely N-dealkylation sites (tertiary alicyclic amines) is 1. The highest BCUT2D eigenvalue weighted by molar-refractivity contribution is 4.85. The molecule has 0 radical (unpaired) electrons. The van der Waals surface area contributed by atoms with Crippen molar-refractivity contribution in [3.8, 4) is 0 Å². The Kier molecular flexibility index (Phi) is 7.33. The van der Waals surface area contributed by atoms with Crippen molar-refractivity contribution in [3.63, 3.8) is 0 Å². The summed E-state index contributed by atoms with van der Waals surface area (Å²) in [5.41, 5.74) is 0.395. The summed E-state index contributed by atoms with van der Waals surface area (Å²) >= 11 is 0. The number of ether oxygens (including phenoxy) is 1. The molecule has 2 unspecified atom stereocenters. The van der Waals surface area contributed by atoms with Crippen LogP contribution in [0.25, 0.3) is 0 Å². The van der Waals surface area contributed by atoms with E-state index in [1.54, 1.807) is 0 Å². The number of nitrogens with zero attached hydrogens (tertiary/aromatic N) is 1. The summed E-state index contributed by atoms with van der Waals surface area (Å²) in [6, 6.07) is 0. The van der Waals surface area contributed by atoms with E-state index in [2.05, 4.69) is 37.9 Å². The van der Waals surface area contributed by atoms with Gasteiger partial charge >= 0.3 is 0 Å². The molecule has 1 aliphatic heterocycles. The molecule has 0 saturated carbocycles. The molecule has 0 spiro atoms. The van der Waals surface area contributed by atoms with E-state index in [4.69, 9.17) is 4.74 Å². The van der Waals surface area contributed by atoms with Crippen LogP contribution in [0.1, 0.15) is 47.0 Å². The van der Waals surface area contributed by atoms with E-state index in [1.807, 2.05) is 7.11 Å². The van der Waals surface area contributed by atoms with Crippen LogP contribution in [-0.2, 0) is 4.74 Å². The van der Waals surface area contributed by atoms with Gasteiger partial charge in [-0.15, -0.1) is 0 Å². The van der Waals surface area contributed by atoms with Crippen LogP contribution in [0, 0.1) is 11.3 Å². The van der Waals surface area contributed by atoms with Crippen LogP contribution in [0.15, 0.2) is 0 Å². The lowest BCUT2D eigenvalue weighted by atomic mass is 9.84. The van der Waals surface area contributed by atoms with E-state index in [9.17, 15) is 0 Å². The van der Waals surface area contributed by atoms with Crippen LogP contribution in [0.2, 0.25) is 0 Å². The maximum absolute atomic E-state index is 5.47. The molecule has 3 nitrogen and oxygen atoms in total. The van der Waals surface area contributed by atoms with Gasteiger partial charge in [0.05, 0.1) is 6.10 Å². The fourth-order valence-electron chi connectivity index (χ4n) is 3.16. The molecule has 1 rings (SSSR count). The average Bonchev–Trinajstić information content (AvgIpc) is 2.76. The van der Waals surface area contributed by atoms with Crippen LogP contribution in [0.5, 0.6) is 0 Å². The fourth-order valence-corrected chi connectivity index (χ4v) is 3.16. The van der Waals surface area contributed by atoms with E-state index in [0.29, 0.717) is 11.5 Å². The van der Waals surface area contributed by atoms with Gasteiger partial charge in [0.2, 0.25) is 0 Å². The van der Waals surface area contributed by atoms with Gasteiger partial charge in [-0.05, 0) is 30.7 Å². The van der Waals surface area contributed by atoms with Crippen molar-refractivity contribution in [3.05, 3.63) is 0 Å². The lowest BCUT2D eigenvalue weighted by Gasteiger charge is -2.34. The molecule has 0 amide bonds. The second-order valence-electron chi connectivity index (χ2n) is 6.97. The molecule has 0 aromatic rings. The smallest absolute Gasteiger partial charge is 0.0710 e. The third kappa shape index (κ3) is 6.24. The Balaban J connectivity index is 2.41. The van der Waals surface area contributed by atoms with Gasteiger partial charge in [-0.25, -0.2) is 0 Å². The molecule has 2 atom stereocenters. The number of rotatable bonds is 9. The number of methoxy groups -OCH3 is 1. The maximum atomic E-state index is 5.47. The molecule has 1 fully saturated rings. The van der Waals surface area contributed by atoms with Crippen LogP contribution in [0.3, 0.4) is 0 Å². The Morgan fingerprint density at radius 3 is 2.68 bits per heavy atom. The zero-order valence-electron chi connectivity index (χ0n) is 13.7. The van der Waals surface area contributed by atoms with Gasteiger partial charge in [0, 0.05) is 33.3 Å². The van der Waals surface area contributed by atoms with Crippen molar-refractivity contribution in [1.29, 1.82) is 0 Å². The molecule has 114 valence electrons. The molecule has 0 aromatic carbocycles. The number of hydrogen-bond acceptors (Lipinski definition) is 3. The summed E-state index contributed by atoms with van der Waals surface area (Å²) in [7, 11) is 1.84. The minimum atomic E-state index is 0.395. The Hall–Kier alpha value is -0.120. The standard InChI is InChI=1S/C16H34N2O/c1-6-8-16(4,12-17-10-14(2)3)13-18-9-7-15(11-18)19-5/h14-15,17H,6-13H2,1-5H3. The predicted octanol–water partition coefficient (Wildman–Crippen LogP) is 2.76. The highest BCUT2D eigenvalue weighted by atomic mass is 16.5. The maximum Gasteiger partial charge on any atom is 0.0710 e. The highest BCUT2D eigenvalue weighted by Crippen LogP contribution is 2.26. The summed E-state index contributed by atoms with van der Waals surface area (Å²) in [6.45, 7) is 15.0. The SMILES string of the molecule is CCCC(C)(CNCC(C)C)CN1CCC(OC)C1. The lowest BCUT2D eigenvalue weighted by Crippen LogP contribution is -2.42. The predicted molar refractivity (Wildman–Crippen MR) is 82.6 cm³/mol. The van der Waals surface area contributed by atoms with Crippen LogP contribution in [-0.4, -0.2) is 50.8 Å². The summed E-state index contributed by atoms with van der Waals surface area (Å²) < 4.78 is 5.47. The molecular formula is C16H34N2O. The fraction of sp³-hybridized carbons (Fsp3) is 1.00. The van der Waals surface area contributed by atoms with Crippen molar-refractivity contribution >= 4 is 0 Å². The second-order valence-corrected chi connectivity index (χ2v) is 6.97. The molecule has 0 bridgehead atoms. The molecule has 1 heterocycles. The second kappa shape index (κ2) is 8.23. The molecule has 0 aliphatic carbocycles. The quantitative estimate of drug-likeness (QED) is 0.697. The average molecular weight is 270 g/mol. The Morgan fingerprint density at radius 1 is 1.42 bits per heavy atom. The van der Waals surface area contributed by atoms with Crippen LogP contribution < -0.4 is 5.32 Å². The minimum Gasteiger partial charge on any atom is -0.380 e. The monoisotopic (exact) mass is 270 g/mol. The van der Waals surface area contributed by atoms with E-state index in [0.717, 1.165) is 25.6 Å². The van der Waals surface area contributed by atoms with E-state index < -0.39 is 0 Å². The van der Waals surface area contributed by atoms with Gasteiger partial charge in [-0.2, -0.15) is 0 Å². The molecular weight excluding hydrogens is 236 g/mol. The lowest BCUT2D eigenvalue weighted by molar-refractivity contribution is 0.0971. The van der Waals surface area contributed by atoms with E-state index in [1.165, 1.54) is 32.4 Å². The summed E-state index contributed by atoms with van der Waals surface area (Å²) in [6.07, 6.45) is 4.21. The van der Waals surface area contributed by atoms with Crippen LogP contribution in [0.4, 0.5) is 0 Å². The first-order chi connectivity index (χ1) is 8.99. The third-order valence-corrected chi connectivity index (χ3v) is 4.13. The summed E-state index contributed by atoms with van der Waals surface area (Å²) in [4.78, 5) is 2.58. The largest absolute Gasteiger partial charge is 0.380 e. The van der Waals surface area contributed by atoms with Crippen molar-refractivity contribution in [2.75, 3.05) is 39.8 Å². The topological polar surface area (TPSA) is 24.5 Å². The van der Waals surface area contributed by atoms with Crippen molar-refractivity contribution < 1.29 is 4.74 Å². The first kappa shape index (κ1) is 16.9. The van der Waals surface area contributed by atoms with Gasteiger partial charge in [-0.1, -0.05) is 34.1 Å². The minimum absolute atomic E-state index is 0.395. The van der Waals surface area contributed by atoms with E-state index >= 15 is 0 Å². The van der Waals surface area contributed by atoms with Crippen molar-refractivity contribution in [1.82, 2.24) is 10.2 Å². The molecule has 0 aromatic heterocycles. The first-order valence-electron chi connectivity index (χ1n) is 7.95. The highest BCUT2D eigenvalue weighted by Gasteiger charge is 2.30. The zero-order chi connectivity index (χ0) is 14.3. The van der Waals surface area contributed by atoms with Gasteiger partial charge in [0.1, 0.15) is 0 Å².